The molecule has 2 rings (SSSR count). The Kier molecular flexibility index (Phi) is 8.94. The van der Waals surface area contributed by atoms with Crippen LogP contribution < -0.4 is 10.6 Å². The van der Waals surface area contributed by atoms with Crippen LogP contribution in [0.4, 0.5) is 9.59 Å². The zero-order chi connectivity index (χ0) is 26.5. The smallest absolute Gasteiger partial charge is 0.408 e. The summed E-state index contributed by atoms with van der Waals surface area (Å²) in [5, 5.41) is 5.14. The van der Waals surface area contributed by atoms with Gasteiger partial charge in [0.1, 0.15) is 22.3 Å². The predicted octanol–water partition coefficient (Wildman–Crippen LogP) is 3.26. The minimum atomic E-state index is -0.987. The number of carbonyl (C=O) groups excluding carboxylic acids is 4. The van der Waals surface area contributed by atoms with Crippen molar-refractivity contribution in [1.82, 2.24) is 10.6 Å². The summed E-state index contributed by atoms with van der Waals surface area (Å²) >= 11 is 0. The predicted molar refractivity (Wildman–Crippen MR) is 125 cm³/mol. The average Bonchev–Trinajstić information content (AvgIpc) is 3.59. The molecular formula is C24H38N2O8. The molecule has 2 aliphatic rings. The molecule has 0 aromatic heterocycles. The first-order valence-corrected chi connectivity index (χ1v) is 10.9. The van der Waals surface area contributed by atoms with Gasteiger partial charge in [-0.05, 0) is 54.4 Å². The van der Waals surface area contributed by atoms with E-state index in [1.165, 1.54) is 14.2 Å². The number of nitrogens with one attached hydrogen (secondary N) is 2. The molecule has 0 aromatic carbocycles. The van der Waals surface area contributed by atoms with Gasteiger partial charge in [-0.15, -0.1) is 13.2 Å². The molecule has 0 radical (unpaired) electrons. The van der Waals surface area contributed by atoms with E-state index in [-0.39, 0.29) is 11.8 Å². The van der Waals surface area contributed by atoms with Crippen LogP contribution in [0.3, 0.4) is 0 Å². The number of hydrogen-bond acceptors (Lipinski definition) is 8. The fourth-order valence-corrected chi connectivity index (χ4v) is 3.34. The van der Waals surface area contributed by atoms with Gasteiger partial charge in [-0.25, -0.2) is 19.2 Å². The molecule has 10 nitrogen and oxygen atoms in total. The van der Waals surface area contributed by atoms with Crippen LogP contribution in [0.2, 0.25) is 0 Å². The number of hydrogen-bond donors (Lipinski definition) is 2. The zero-order valence-electron chi connectivity index (χ0n) is 21.4. The highest BCUT2D eigenvalue weighted by Crippen LogP contribution is 2.46. The second-order valence-corrected chi connectivity index (χ2v) is 10.3. The molecule has 2 saturated carbocycles. The lowest BCUT2D eigenvalue weighted by atomic mass is 10.2. The first-order valence-electron chi connectivity index (χ1n) is 10.9. The SMILES string of the molecule is C=CC1CC1(NC(=O)OC(C)(C)C)C(=O)OC.C=C[C@@H]1C[C@@]1(NC(=O)OC(C)(C)C)C(=O)OC. The summed E-state index contributed by atoms with van der Waals surface area (Å²) in [5.41, 5.74) is -3.17. The second-order valence-electron chi connectivity index (χ2n) is 10.3. The molecule has 2 N–H and O–H groups in total. The minimum absolute atomic E-state index is 0.0949. The summed E-state index contributed by atoms with van der Waals surface area (Å²) in [6, 6.07) is 0. The second kappa shape index (κ2) is 10.5. The molecule has 34 heavy (non-hydrogen) atoms. The maximum absolute atomic E-state index is 11.6. The van der Waals surface area contributed by atoms with E-state index in [9.17, 15) is 19.2 Å². The van der Waals surface area contributed by atoms with Gasteiger partial charge in [0, 0.05) is 11.8 Å². The first kappa shape index (κ1) is 29.0. The molecule has 0 bridgehead atoms. The van der Waals surface area contributed by atoms with E-state index in [0.717, 1.165) is 0 Å². The normalized spacial score (nSPS) is 26.9. The van der Waals surface area contributed by atoms with E-state index in [2.05, 4.69) is 33.3 Å². The summed E-state index contributed by atoms with van der Waals surface area (Å²) in [4.78, 5) is 46.5. The number of alkyl carbamates (subject to hydrolysis) is 2. The van der Waals surface area contributed by atoms with Gasteiger partial charge in [-0.3, -0.25) is 0 Å². The summed E-state index contributed by atoms with van der Waals surface area (Å²) in [5.74, 6) is -1.12. The van der Waals surface area contributed by atoms with Gasteiger partial charge < -0.3 is 29.6 Å². The Labute approximate surface area is 201 Å². The van der Waals surface area contributed by atoms with Crippen LogP contribution in [-0.2, 0) is 28.5 Å². The summed E-state index contributed by atoms with van der Waals surface area (Å²) < 4.78 is 19.6. The molecule has 2 amide bonds. The Hall–Kier alpha value is -3.04. The molecule has 2 aliphatic carbocycles. The fourth-order valence-electron chi connectivity index (χ4n) is 3.34. The Balaban J connectivity index is 0.000000340. The maximum Gasteiger partial charge on any atom is 0.408 e. The third-order valence-corrected chi connectivity index (χ3v) is 5.15. The monoisotopic (exact) mass is 482 g/mol. The minimum Gasteiger partial charge on any atom is -0.467 e. The third kappa shape index (κ3) is 7.50. The van der Waals surface area contributed by atoms with Crippen molar-refractivity contribution in [2.75, 3.05) is 14.2 Å². The van der Waals surface area contributed by atoms with Crippen molar-refractivity contribution < 1.29 is 38.1 Å². The number of methoxy groups -OCH3 is 2. The number of amides is 2. The largest absolute Gasteiger partial charge is 0.467 e. The van der Waals surface area contributed by atoms with Crippen molar-refractivity contribution in [2.45, 2.75) is 76.7 Å². The number of ether oxygens (including phenoxy) is 4. The highest BCUT2D eigenvalue weighted by Gasteiger charge is 2.62. The number of carbonyl (C=O) groups is 4. The van der Waals surface area contributed by atoms with Gasteiger partial charge >= 0.3 is 24.1 Å². The molecular weight excluding hydrogens is 444 g/mol. The van der Waals surface area contributed by atoms with Gasteiger partial charge in [0.05, 0.1) is 14.2 Å². The van der Waals surface area contributed by atoms with Crippen LogP contribution in [0, 0.1) is 11.8 Å². The lowest BCUT2D eigenvalue weighted by molar-refractivity contribution is -0.145. The Morgan fingerprint density at radius 2 is 1.03 bits per heavy atom. The quantitative estimate of drug-likeness (QED) is 0.335. The summed E-state index contributed by atoms with van der Waals surface area (Å²) in [7, 11) is 2.58. The van der Waals surface area contributed by atoms with Crippen LogP contribution in [0.25, 0.3) is 0 Å². The molecule has 0 saturated heterocycles. The molecule has 0 aliphatic heterocycles. The van der Waals surface area contributed by atoms with Crippen molar-refractivity contribution in [3.8, 4) is 0 Å². The van der Waals surface area contributed by atoms with E-state index >= 15 is 0 Å². The van der Waals surface area contributed by atoms with E-state index in [0.29, 0.717) is 12.8 Å². The van der Waals surface area contributed by atoms with Gasteiger partial charge in [0.2, 0.25) is 0 Å². The molecule has 0 heterocycles. The van der Waals surface area contributed by atoms with Crippen molar-refractivity contribution >= 4 is 24.1 Å². The van der Waals surface area contributed by atoms with E-state index in [1.807, 2.05) is 0 Å². The Morgan fingerprint density at radius 3 is 1.21 bits per heavy atom. The van der Waals surface area contributed by atoms with E-state index in [4.69, 9.17) is 9.47 Å². The first-order chi connectivity index (χ1) is 15.5. The Morgan fingerprint density at radius 1 is 0.735 bits per heavy atom. The van der Waals surface area contributed by atoms with E-state index in [1.54, 1.807) is 53.7 Å². The van der Waals surface area contributed by atoms with Crippen LogP contribution >= 0.6 is 0 Å². The van der Waals surface area contributed by atoms with Crippen molar-refractivity contribution in [2.24, 2.45) is 11.8 Å². The van der Waals surface area contributed by atoms with Crippen LogP contribution in [0.15, 0.2) is 25.3 Å². The zero-order valence-corrected chi connectivity index (χ0v) is 21.4. The van der Waals surface area contributed by atoms with Crippen molar-refractivity contribution in [3.05, 3.63) is 25.3 Å². The van der Waals surface area contributed by atoms with Gasteiger partial charge in [0.15, 0.2) is 0 Å². The Bertz CT molecular complexity index is 758. The highest BCUT2D eigenvalue weighted by atomic mass is 16.6. The van der Waals surface area contributed by atoms with Crippen molar-refractivity contribution in [3.63, 3.8) is 0 Å². The van der Waals surface area contributed by atoms with Gasteiger partial charge in [-0.2, -0.15) is 0 Å². The van der Waals surface area contributed by atoms with Gasteiger partial charge in [0.25, 0.3) is 0 Å². The summed E-state index contributed by atoms with van der Waals surface area (Å²) in [6.45, 7) is 17.8. The van der Waals surface area contributed by atoms with Crippen LogP contribution in [-0.4, -0.2) is 60.6 Å². The van der Waals surface area contributed by atoms with Crippen LogP contribution in [0.5, 0.6) is 0 Å². The molecule has 0 spiro atoms. The molecule has 10 heteroatoms. The topological polar surface area (TPSA) is 129 Å². The average molecular weight is 483 g/mol. The lowest BCUT2D eigenvalue weighted by Crippen LogP contribution is -2.47. The highest BCUT2D eigenvalue weighted by molar-refractivity contribution is 5.90. The molecule has 2 fully saturated rings. The molecule has 0 aromatic rings. The maximum atomic E-state index is 11.6. The summed E-state index contributed by atoms with van der Waals surface area (Å²) in [6.07, 6.45) is 3.03. The number of rotatable bonds is 6. The standard InChI is InChI=1S/2C12H19NO4/c2*1-6-8-7-12(8,9(14)16-5)13-10(15)17-11(2,3)4/h2*6,8H,1,7H2,2-5H3,(H,13,15)/t8-,12+;/m1./s1. The molecule has 4 atom stereocenters. The number of esters is 2. The van der Waals surface area contributed by atoms with Gasteiger partial charge in [-0.1, -0.05) is 12.2 Å². The molecule has 192 valence electrons. The van der Waals surface area contributed by atoms with Crippen LogP contribution in [0.1, 0.15) is 54.4 Å². The fraction of sp³-hybridized carbons (Fsp3) is 0.667. The third-order valence-electron chi connectivity index (χ3n) is 5.15. The van der Waals surface area contributed by atoms with E-state index < -0.39 is 46.4 Å². The lowest BCUT2D eigenvalue weighted by Gasteiger charge is -2.22. The van der Waals surface area contributed by atoms with Crippen molar-refractivity contribution in [1.29, 1.82) is 0 Å². The molecule has 2 unspecified atom stereocenters.